The fraction of sp³-hybridized carbons (Fsp3) is 0.0909. The van der Waals surface area contributed by atoms with E-state index >= 15 is 0 Å². The molecule has 128 valence electrons. The SMILES string of the molecule is O=C(c1cccc(OCCc2ccccc2)c1)n1cnc2ccccc21. The van der Waals surface area contributed by atoms with Crippen LogP contribution in [0.1, 0.15) is 15.9 Å². The van der Waals surface area contributed by atoms with Crippen molar-refractivity contribution < 1.29 is 9.53 Å². The Morgan fingerprint density at radius 1 is 0.923 bits per heavy atom. The minimum atomic E-state index is -0.118. The first kappa shape index (κ1) is 16.1. The van der Waals surface area contributed by atoms with Gasteiger partial charge in [-0.3, -0.25) is 9.36 Å². The van der Waals surface area contributed by atoms with E-state index in [0.717, 1.165) is 17.5 Å². The minimum absolute atomic E-state index is 0.118. The number of imidazole rings is 1. The van der Waals surface area contributed by atoms with E-state index in [0.29, 0.717) is 17.9 Å². The smallest absolute Gasteiger partial charge is 0.263 e. The summed E-state index contributed by atoms with van der Waals surface area (Å²) in [5, 5.41) is 0. The largest absolute Gasteiger partial charge is 0.493 e. The van der Waals surface area contributed by atoms with Gasteiger partial charge in [-0.1, -0.05) is 48.5 Å². The highest BCUT2D eigenvalue weighted by Gasteiger charge is 2.12. The predicted molar refractivity (Wildman–Crippen MR) is 102 cm³/mol. The number of para-hydroxylation sites is 2. The molecule has 0 fully saturated rings. The molecule has 0 radical (unpaired) electrons. The van der Waals surface area contributed by atoms with Crippen molar-refractivity contribution >= 4 is 16.9 Å². The van der Waals surface area contributed by atoms with Crippen molar-refractivity contribution in [3.05, 3.63) is 96.3 Å². The first-order valence-electron chi connectivity index (χ1n) is 8.55. The van der Waals surface area contributed by atoms with Crippen molar-refractivity contribution in [1.29, 1.82) is 0 Å². The first-order chi connectivity index (χ1) is 12.8. The standard InChI is InChI=1S/C22H18N2O2/c25-22(24-16-23-20-11-4-5-12-21(20)24)18-9-6-10-19(15-18)26-14-13-17-7-2-1-3-8-17/h1-12,15-16H,13-14H2. The summed E-state index contributed by atoms with van der Waals surface area (Å²) in [6.45, 7) is 0.565. The van der Waals surface area contributed by atoms with E-state index < -0.39 is 0 Å². The molecule has 0 aliphatic rings. The predicted octanol–water partition coefficient (Wildman–Crippen LogP) is 4.35. The topological polar surface area (TPSA) is 44.1 Å². The molecule has 4 rings (SSSR count). The molecule has 0 aliphatic carbocycles. The number of benzene rings is 3. The van der Waals surface area contributed by atoms with E-state index in [1.165, 1.54) is 5.56 Å². The highest BCUT2D eigenvalue weighted by Crippen LogP contribution is 2.18. The van der Waals surface area contributed by atoms with Gasteiger partial charge in [0.1, 0.15) is 12.1 Å². The van der Waals surface area contributed by atoms with Gasteiger partial charge in [-0.15, -0.1) is 0 Å². The van der Waals surface area contributed by atoms with E-state index in [2.05, 4.69) is 17.1 Å². The van der Waals surface area contributed by atoms with Gasteiger partial charge in [0.25, 0.3) is 5.91 Å². The highest BCUT2D eigenvalue weighted by atomic mass is 16.5. The number of carbonyl (C=O) groups excluding carboxylic acids is 1. The molecule has 0 bridgehead atoms. The Morgan fingerprint density at radius 2 is 1.73 bits per heavy atom. The van der Waals surface area contributed by atoms with Gasteiger partial charge in [-0.25, -0.2) is 4.98 Å². The van der Waals surface area contributed by atoms with Crippen LogP contribution in [0.5, 0.6) is 5.75 Å². The van der Waals surface area contributed by atoms with Gasteiger partial charge in [0.15, 0.2) is 0 Å². The summed E-state index contributed by atoms with van der Waals surface area (Å²) >= 11 is 0. The fourth-order valence-electron chi connectivity index (χ4n) is 2.91. The van der Waals surface area contributed by atoms with Crippen LogP contribution in [0.2, 0.25) is 0 Å². The van der Waals surface area contributed by atoms with Crippen LogP contribution in [0.15, 0.2) is 85.2 Å². The lowest BCUT2D eigenvalue weighted by Crippen LogP contribution is -2.11. The molecule has 0 N–H and O–H groups in total. The Morgan fingerprint density at radius 3 is 2.62 bits per heavy atom. The Kier molecular flexibility index (Phi) is 4.48. The molecule has 0 saturated carbocycles. The Labute approximate surface area is 151 Å². The summed E-state index contributed by atoms with van der Waals surface area (Å²) in [5.41, 5.74) is 3.40. The highest BCUT2D eigenvalue weighted by molar-refractivity contribution is 6.01. The molecule has 0 atom stereocenters. The van der Waals surface area contributed by atoms with Gasteiger partial charge in [0, 0.05) is 12.0 Å². The monoisotopic (exact) mass is 342 g/mol. The quantitative estimate of drug-likeness (QED) is 0.542. The summed E-state index contributed by atoms with van der Waals surface area (Å²) in [4.78, 5) is 17.1. The molecule has 0 unspecified atom stereocenters. The molecular weight excluding hydrogens is 324 g/mol. The van der Waals surface area contributed by atoms with Crippen molar-refractivity contribution in [3.8, 4) is 5.75 Å². The van der Waals surface area contributed by atoms with Crippen molar-refractivity contribution in [1.82, 2.24) is 9.55 Å². The van der Waals surface area contributed by atoms with Crippen LogP contribution >= 0.6 is 0 Å². The second-order valence-electron chi connectivity index (χ2n) is 6.02. The van der Waals surface area contributed by atoms with Crippen LogP contribution in [0.25, 0.3) is 11.0 Å². The molecule has 0 amide bonds. The normalized spacial score (nSPS) is 10.8. The third kappa shape index (κ3) is 3.35. The zero-order valence-electron chi connectivity index (χ0n) is 14.2. The third-order valence-electron chi connectivity index (χ3n) is 4.26. The zero-order valence-corrected chi connectivity index (χ0v) is 14.2. The minimum Gasteiger partial charge on any atom is -0.493 e. The number of nitrogens with zero attached hydrogens (tertiary/aromatic N) is 2. The maximum Gasteiger partial charge on any atom is 0.263 e. The summed E-state index contributed by atoms with van der Waals surface area (Å²) in [7, 11) is 0. The van der Waals surface area contributed by atoms with Crippen molar-refractivity contribution in [2.75, 3.05) is 6.61 Å². The van der Waals surface area contributed by atoms with Gasteiger partial charge < -0.3 is 4.74 Å². The molecule has 26 heavy (non-hydrogen) atoms. The van der Waals surface area contributed by atoms with Gasteiger partial charge in [0.05, 0.1) is 17.6 Å². The third-order valence-corrected chi connectivity index (χ3v) is 4.26. The molecule has 3 aromatic carbocycles. The summed E-state index contributed by atoms with van der Waals surface area (Å²) in [6.07, 6.45) is 2.39. The lowest BCUT2D eigenvalue weighted by atomic mass is 10.1. The van der Waals surface area contributed by atoms with Crippen molar-refractivity contribution in [3.63, 3.8) is 0 Å². The lowest BCUT2D eigenvalue weighted by Gasteiger charge is -2.08. The molecule has 0 aliphatic heterocycles. The number of ether oxygens (including phenoxy) is 1. The van der Waals surface area contributed by atoms with Gasteiger partial charge in [-0.05, 0) is 35.9 Å². The second-order valence-corrected chi connectivity index (χ2v) is 6.02. The number of fused-ring (bicyclic) bond motifs is 1. The zero-order chi connectivity index (χ0) is 17.8. The molecule has 0 spiro atoms. The Balaban J connectivity index is 1.49. The first-order valence-corrected chi connectivity index (χ1v) is 8.55. The second kappa shape index (κ2) is 7.23. The number of hydrogen-bond donors (Lipinski definition) is 0. The maximum absolute atomic E-state index is 12.8. The maximum atomic E-state index is 12.8. The molecular formula is C22H18N2O2. The van der Waals surface area contributed by atoms with E-state index in [1.54, 1.807) is 23.0 Å². The van der Waals surface area contributed by atoms with Crippen LogP contribution in [0.4, 0.5) is 0 Å². The van der Waals surface area contributed by atoms with Crippen LogP contribution in [-0.2, 0) is 6.42 Å². The van der Waals surface area contributed by atoms with Gasteiger partial charge >= 0.3 is 0 Å². The fourth-order valence-corrected chi connectivity index (χ4v) is 2.91. The van der Waals surface area contributed by atoms with Crippen molar-refractivity contribution in [2.24, 2.45) is 0 Å². The van der Waals surface area contributed by atoms with E-state index in [9.17, 15) is 4.79 Å². The van der Waals surface area contributed by atoms with Crippen LogP contribution in [-0.4, -0.2) is 22.1 Å². The Hall–Kier alpha value is -3.40. The molecule has 1 aromatic heterocycles. The molecule has 4 aromatic rings. The lowest BCUT2D eigenvalue weighted by molar-refractivity contribution is 0.0964. The summed E-state index contributed by atoms with van der Waals surface area (Å²) in [5.74, 6) is 0.573. The van der Waals surface area contributed by atoms with E-state index in [4.69, 9.17) is 4.74 Å². The number of carbonyl (C=O) groups is 1. The van der Waals surface area contributed by atoms with E-state index in [1.807, 2.05) is 54.6 Å². The summed E-state index contributed by atoms with van der Waals surface area (Å²) < 4.78 is 7.40. The van der Waals surface area contributed by atoms with Crippen LogP contribution < -0.4 is 4.74 Å². The Bertz CT molecular complexity index is 1040. The molecule has 1 heterocycles. The number of rotatable bonds is 5. The number of hydrogen-bond acceptors (Lipinski definition) is 3. The van der Waals surface area contributed by atoms with Crippen LogP contribution in [0, 0.1) is 0 Å². The average molecular weight is 342 g/mol. The molecule has 4 nitrogen and oxygen atoms in total. The average Bonchev–Trinajstić information content (AvgIpc) is 3.13. The molecule has 4 heteroatoms. The number of aromatic nitrogens is 2. The van der Waals surface area contributed by atoms with Gasteiger partial charge in [-0.2, -0.15) is 0 Å². The van der Waals surface area contributed by atoms with Crippen LogP contribution in [0.3, 0.4) is 0 Å². The van der Waals surface area contributed by atoms with Gasteiger partial charge in [0.2, 0.25) is 0 Å². The van der Waals surface area contributed by atoms with Crippen molar-refractivity contribution in [2.45, 2.75) is 6.42 Å². The molecule has 0 saturated heterocycles. The van der Waals surface area contributed by atoms with E-state index in [-0.39, 0.29) is 5.91 Å². The summed E-state index contributed by atoms with van der Waals surface area (Å²) in [6, 6.07) is 25.1.